The third kappa shape index (κ3) is 3.71. The molecule has 0 amide bonds. The highest BCUT2D eigenvalue weighted by molar-refractivity contribution is 9.10. The van der Waals surface area contributed by atoms with Crippen molar-refractivity contribution in [3.05, 3.63) is 52.3 Å². The number of hydrogen-bond donors (Lipinski definition) is 1. The van der Waals surface area contributed by atoms with E-state index in [1.807, 2.05) is 31.2 Å². The summed E-state index contributed by atoms with van der Waals surface area (Å²) < 4.78 is 12.0. The van der Waals surface area contributed by atoms with Crippen LogP contribution in [0.1, 0.15) is 24.1 Å². The Kier molecular flexibility index (Phi) is 4.98. The van der Waals surface area contributed by atoms with Gasteiger partial charge < -0.3 is 15.2 Å². The third-order valence-electron chi connectivity index (χ3n) is 2.87. The molecular formula is C15H17BrN2O2. The first-order valence-electron chi connectivity index (χ1n) is 6.26. The second kappa shape index (κ2) is 6.72. The van der Waals surface area contributed by atoms with Crippen molar-refractivity contribution in [2.75, 3.05) is 7.11 Å². The lowest BCUT2D eigenvalue weighted by Gasteiger charge is -2.15. The summed E-state index contributed by atoms with van der Waals surface area (Å²) in [5.74, 6) is 1.48. The molecule has 0 bridgehead atoms. The van der Waals surface area contributed by atoms with Crippen LogP contribution in [0.4, 0.5) is 0 Å². The summed E-state index contributed by atoms with van der Waals surface area (Å²) in [6.45, 7) is 2.36. The lowest BCUT2D eigenvalue weighted by Crippen LogP contribution is -2.08. The second-order valence-corrected chi connectivity index (χ2v) is 5.41. The van der Waals surface area contributed by atoms with E-state index in [0.717, 1.165) is 27.1 Å². The van der Waals surface area contributed by atoms with Gasteiger partial charge in [0.05, 0.1) is 7.11 Å². The molecule has 0 aliphatic heterocycles. The molecule has 0 fully saturated rings. The second-order valence-electron chi connectivity index (χ2n) is 4.49. The molecule has 0 spiro atoms. The van der Waals surface area contributed by atoms with E-state index >= 15 is 0 Å². The first-order chi connectivity index (χ1) is 9.60. The zero-order valence-corrected chi connectivity index (χ0v) is 13.1. The Hall–Kier alpha value is -1.59. The molecule has 4 nitrogen and oxygen atoms in total. The number of aromatic nitrogens is 1. The van der Waals surface area contributed by atoms with Crippen molar-refractivity contribution in [3.63, 3.8) is 0 Å². The van der Waals surface area contributed by atoms with Crippen LogP contribution in [0.5, 0.6) is 11.5 Å². The summed E-state index contributed by atoms with van der Waals surface area (Å²) >= 11 is 3.39. The summed E-state index contributed by atoms with van der Waals surface area (Å²) in [4.78, 5) is 4.11. The molecule has 0 saturated heterocycles. The molecule has 5 heteroatoms. The predicted octanol–water partition coefficient (Wildman–Crippen LogP) is 3.45. The molecule has 106 valence electrons. The molecule has 0 aliphatic rings. The van der Waals surface area contributed by atoms with E-state index in [4.69, 9.17) is 15.2 Å². The Labute approximate surface area is 127 Å². The van der Waals surface area contributed by atoms with Gasteiger partial charge >= 0.3 is 0 Å². The Morgan fingerprint density at radius 3 is 2.75 bits per heavy atom. The predicted molar refractivity (Wildman–Crippen MR) is 81.9 cm³/mol. The Bertz CT molecular complexity index is 588. The lowest BCUT2D eigenvalue weighted by molar-refractivity contribution is 0.298. The van der Waals surface area contributed by atoms with Crippen molar-refractivity contribution in [3.8, 4) is 11.5 Å². The monoisotopic (exact) mass is 336 g/mol. The molecule has 0 aliphatic carbocycles. The molecule has 0 saturated carbocycles. The fraction of sp³-hybridized carbons (Fsp3) is 0.267. The van der Waals surface area contributed by atoms with Gasteiger partial charge in [0.1, 0.15) is 18.1 Å². The van der Waals surface area contributed by atoms with E-state index in [1.165, 1.54) is 0 Å². The summed E-state index contributed by atoms with van der Waals surface area (Å²) in [6, 6.07) is 7.53. The van der Waals surface area contributed by atoms with Gasteiger partial charge in [0.15, 0.2) is 0 Å². The van der Waals surface area contributed by atoms with E-state index in [0.29, 0.717) is 6.61 Å². The Morgan fingerprint density at radius 2 is 2.10 bits per heavy atom. The van der Waals surface area contributed by atoms with Gasteiger partial charge in [-0.15, -0.1) is 0 Å². The SMILES string of the molecule is COc1ccc([C@@H](C)N)c(OCc2cncc(Br)c2)c1. The number of ether oxygens (including phenoxy) is 2. The number of nitrogens with two attached hydrogens (primary N) is 1. The summed E-state index contributed by atoms with van der Waals surface area (Å²) in [5, 5.41) is 0. The number of halogens is 1. The average Bonchev–Trinajstić information content (AvgIpc) is 2.44. The topological polar surface area (TPSA) is 57.4 Å². The normalized spacial score (nSPS) is 12.0. The van der Waals surface area contributed by atoms with Gasteiger partial charge in [0.25, 0.3) is 0 Å². The van der Waals surface area contributed by atoms with Gasteiger partial charge in [-0.1, -0.05) is 6.07 Å². The summed E-state index contributed by atoms with van der Waals surface area (Å²) in [6.07, 6.45) is 3.51. The highest BCUT2D eigenvalue weighted by Gasteiger charge is 2.10. The van der Waals surface area contributed by atoms with Crippen LogP contribution in [0.3, 0.4) is 0 Å². The average molecular weight is 337 g/mol. The van der Waals surface area contributed by atoms with E-state index in [2.05, 4.69) is 20.9 Å². The van der Waals surface area contributed by atoms with Crippen LogP contribution in [-0.4, -0.2) is 12.1 Å². The number of nitrogens with zero attached hydrogens (tertiary/aromatic N) is 1. The van der Waals surface area contributed by atoms with Gasteiger partial charge in [0, 0.05) is 40.1 Å². The quantitative estimate of drug-likeness (QED) is 0.908. The fourth-order valence-corrected chi connectivity index (χ4v) is 2.25. The van der Waals surface area contributed by atoms with Gasteiger partial charge in [0.2, 0.25) is 0 Å². The van der Waals surface area contributed by atoms with E-state index < -0.39 is 0 Å². The maximum atomic E-state index is 5.96. The van der Waals surface area contributed by atoms with Crippen LogP contribution in [0.2, 0.25) is 0 Å². The minimum absolute atomic E-state index is 0.100. The first-order valence-corrected chi connectivity index (χ1v) is 7.05. The van der Waals surface area contributed by atoms with Crippen molar-refractivity contribution in [2.45, 2.75) is 19.6 Å². The molecule has 2 N–H and O–H groups in total. The molecule has 2 aromatic rings. The van der Waals surface area contributed by atoms with Crippen molar-refractivity contribution >= 4 is 15.9 Å². The molecule has 1 heterocycles. The summed E-state index contributed by atoms with van der Waals surface area (Å²) in [5.41, 5.74) is 7.90. The van der Waals surface area contributed by atoms with Crippen LogP contribution in [0.25, 0.3) is 0 Å². The Morgan fingerprint density at radius 1 is 1.30 bits per heavy atom. The molecule has 2 rings (SSSR count). The van der Waals surface area contributed by atoms with E-state index in [-0.39, 0.29) is 6.04 Å². The maximum absolute atomic E-state index is 5.96. The zero-order chi connectivity index (χ0) is 14.5. The minimum Gasteiger partial charge on any atom is -0.497 e. The third-order valence-corrected chi connectivity index (χ3v) is 3.30. The maximum Gasteiger partial charge on any atom is 0.128 e. The van der Waals surface area contributed by atoms with Gasteiger partial charge in [-0.05, 0) is 35.0 Å². The molecule has 0 radical (unpaired) electrons. The zero-order valence-electron chi connectivity index (χ0n) is 11.5. The number of hydrogen-bond acceptors (Lipinski definition) is 4. The lowest BCUT2D eigenvalue weighted by atomic mass is 10.1. The van der Waals surface area contributed by atoms with Crippen LogP contribution in [-0.2, 0) is 6.61 Å². The number of benzene rings is 1. The largest absolute Gasteiger partial charge is 0.497 e. The van der Waals surface area contributed by atoms with Crippen LogP contribution in [0.15, 0.2) is 41.1 Å². The number of methoxy groups -OCH3 is 1. The first kappa shape index (κ1) is 14.8. The van der Waals surface area contributed by atoms with Crippen molar-refractivity contribution in [2.24, 2.45) is 5.73 Å². The minimum atomic E-state index is -0.100. The molecule has 20 heavy (non-hydrogen) atoms. The smallest absolute Gasteiger partial charge is 0.128 e. The summed E-state index contributed by atoms with van der Waals surface area (Å²) in [7, 11) is 1.63. The molecule has 1 atom stereocenters. The standard InChI is InChI=1S/C15H17BrN2O2/c1-10(17)14-4-3-13(19-2)6-15(14)20-9-11-5-12(16)8-18-7-11/h3-8,10H,9,17H2,1-2H3/t10-/m1/s1. The van der Waals surface area contributed by atoms with Crippen LogP contribution >= 0.6 is 15.9 Å². The molecule has 1 aromatic heterocycles. The van der Waals surface area contributed by atoms with E-state index in [1.54, 1.807) is 19.5 Å². The fourth-order valence-electron chi connectivity index (χ4n) is 1.84. The highest BCUT2D eigenvalue weighted by atomic mass is 79.9. The molecule has 0 unspecified atom stereocenters. The van der Waals surface area contributed by atoms with Crippen molar-refractivity contribution in [1.29, 1.82) is 0 Å². The highest BCUT2D eigenvalue weighted by Crippen LogP contribution is 2.29. The molecular weight excluding hydrogens is 320 g/mol. The van der Waals surface area contributed by atoms with Gasteiger partial charge in [-0.2, -0.15) is 0 Å². The van der Waals surface area contributed by atoms with Crippen LogP contribution < -0.4 is 15.2 Å². The molecule has 1 aromatic carbocycles. The van der Waals surface area contributed by atoms with Gasteiger partial charge in [-0.25, -0.2) is 0 Å². The number of rotatable bonds is 5. The van der Waals surface area contributed by atoms with Gasteiger partial charge in [-0.3, -0.25) is 4.98 Å². The Balaban J connectivity index is 2.19. The number of pyridine rings is 1. The van der Waals surface area contributed by atoms with Crippen molar-refractivity contribution < 1.29 is 9.47 Å². The van der Waals surface area contributed by atoms with Crippen LogP contribution in [0, 0.1) is 0 Å². The van der Waals surface area contributed by atoms with Crippen molar-refractivity contribution in [1.82, 2.24) is 4.98 Å². The van der Waals surface area contributed by atoms with E-state index in [9.17, 15) is 0 Å².